The van der Waals surface area contributed by atoms with Gasteiger partial charge in [-0.3, -0.25) is 4.98 Å². The van der Waals surface area contributed by atoms with Gasteiger partial charge in [0.15, 0.2) is 12.4 Å². The van der Waals surface area contributed by atoms with Gasteiger partial charge in [0.1, 0.15) is 0 Å². The van der Waals surface area contributed by atoms with Gasteiger partial charge < -0.3 is 0 Å². The van der Waals surface area contributed by atoms with Crippen LogP contribution in [0.15, 0.2) is 97.5 Å². The van der Waals surface area contributed by atoms with Crippen molar-refractivity contribution < 1.29 is 8.97 Å². The molecule has 2 aromatic carbocycles. The number of hydrogen-bond donors (Lipinski definition) is 0. The lowest BCUT2D eigenvalue weighted by Crippen LogP contribution is -2.49. The lowest BCUT2D eigenvalue weighted by molar-refractivity contribution is -0.724. The van der Waals surface area contributed by atoms with Crippen LogP contribution in [0.3, 0.4) is 0 Å². The Bertz CT molecular complexity index is 1940. The first-order chi connectivity index (χ1) is 18.6. The van der Waals surface area contributed by atoms with Crippen LogP contribution in [0.2, 0.25) is 0 Å². The van der Waals surface area contributed by atoms with Gasteiger partial charge in [-0.05, 0) is 95.9 Å². The molecule has 6 aromatic rings. The van der Waals surface area contributed by atoms with Crippen molar-refractivity contribution in [3.8, 4) is 22.5 Å². The largest absolute Gasteiger partial charge is 0.261 e. The summed E-state index contributed by atoms with van der Waals surface area (Å²) in [6.07, 6.45) is 7.55. The lowest BCUT2D eigenvalue weighted by Gasteiger charge is -2.24. The first kappa shape index (κ1) is 22.4. The number of aryl methyl sites for hydroxylation is 2. The molecular formula is C34H26IN3+2. The van der Waals surface area contributed by atoms with Gasteiger partial charge in [-0.15, -0.1) is 0 Å². The Morgan fingerprint density at radius 3 is 2.61 bits per heavy atom. The Kier molecular flexibility index (Phi) is 4.81. The number of aromatic nitrogens is 3. The van der Waals surface area contributed by atoms with E-state index >= 15 is 0 Å². The molecular weight excluding hydrogens is 577 g/mol. The monoisotopic (exact) mass is 603 g/mol. The van der Waals surface area contributed by atoms with Crippen molar-refractivity contribution >= 4 is 38.9 Å². The van der Waals surface area contributed by atoms with Crippen LogP contribution >= 0.6 is 22.6 Å². The maximum Gasteiger partial charge on any atom is 0.261 e. The highest BCUT2D eigenvalue weighted by Crippen LogP contribution is 2.49. The molecule has 3 nitrogen and oxygen atoms in total. The molecule has 0 spiro atoms. The van der Waals surface area contributed by atoms with Crippen LogP contribution < -0.4 is 8.97 Å². The summed E-state index contributed by atoms with van der Waals surface area (Å²) in [6, 6.07) is 29.1. The fourth-order valence-electron chi connectivity index (χ4n) is 7.01. The summed E-state index contributed by atoms with van der Waals surface area (Å²) in [6.45, 7) is 4.43. The predicted molar refractivity (Wildman–Crippen MR) is 159 cm³/mol. The zero-order valence-electron chi connectivity index (χ0n) is 21.3. The van der Waals surface area contributed by atoms with Crippen LogP contribution in [0.5, 0.6) is 0 Å². The molecule has 5 heterocycles. The van der Waals surface area contributed by atoms with Crippen molar-refractivity contribution in [1.29, 1.82) is 0 Å². The molecule has 2 aliphatic rings. The summed E-state index contributed by atoms with van der Waals surface area (Å²) < 4.78 is 6.37. The van der Waals surface area contributed by atoms with E-state index in [1.807, 2.05) is 12.3 Å². The molecule has 0 bridgehead atoms. The first-order valence-electron chi connectivity index (χ1n) is 13.2. The molecule has 0 amide bonds. The minimum absolute atomic E-state index is 0.226. The van der Waals surface area contributed by atoms with Gasteiger partial charge in [0, 0.05) is 44.5 Å². The number of halogens is 1. The number of nitrogens with zero attached hydrogens (tertiary/aromatic N) is 3. The minimum atomic E-state index is 0.226. The van der Waals surface area contributed by atoms with E-state index in [1.54, 1.807) is 0 Å². The Morgan fingerprint density at radius 1 is 0.895 bits per heavy atom. The third-order valence-electron chi connectivity index (χ3n) is 8.53. The average molecular weight is 604 g/mol. The highest BCUT2D eigenvalue weighted by atomic mass is 127. The van der Waals surface area contributed by atoms with E-state index < -0.39 is 0 Å². The SMILES string of the molecule is Cc1cc(I)c2c3c([n+]4cc(-c5ccccn5)c(C)cc4c2c1)C1C(C3)c2ccccc2-c2cccc[n+]21. The zero-order valence-corrected chi connectivity index (χ0v) is 23.5. The first-order valence-corrected chi connectivity index (χ1v) is 14.3. The van der Waals surface area contributed by atoms with Crippen molar-refractivity contribution in [2.75, 3.05) is 0 Å². The molecule has 1 aliphatic heterocycles. The molecule has 38 heavy (non-hydrogen) atoms. The van der Waals surface area contributed by atoms with Gasteiger partial charge in [-0.1, -0.05) is 24.3 Å². The maximum atomic E-state index is 4.73. The summed E-state index contributed by atoms with van der Waals surface area (Å²) in [5.41, 5.74) is 13.0. The quantitative estimate of drug-likeness (QED) is 0.112. The van der Waals surface area contributed by atoms with E-state index in [1.165, 1.54) is 64.6 Å². The highest BCUT2D eigenvalue weighted by Gasteiger charge is 2.52. The topological polar surface area (TPSA) is 20.9 Å². The molecule has 4 heteroatoms. The Morgan fingerprint density at radius 2 is 1.74 bits per heavy atom. The lowest BCUT2D eigenvalue weighted by atomic mass is 9.84. The normalized spacial score (nSPS) is 17.2. The van der Waals surface area contributed by atoms with Crippen LogP contribution in [-0.4, -0.2) is 4.98 Å². The number of rotatable bonds is 1. The summed E-state index contributed by atoms with van der Waals surface area (Å²) in [5, 5.41) is 2.76. The van der Waals surface area contributed by atoms with Gasteiger partial charge in [0.05, 0.1) is 22.6 Å². The van der Waals surface area contributed by atoms with Crippen molar-refractivity contribution in [2.45, 2.75) is 32.2 Å². The molecule has 4 aromatic heterocycles. The number of fused-ring (bicyclic) bond motifs is 13. The molecule has 0 saturated heterocycles. The molecule has 0 saturated carbocycles. The summed E-state index contributed by atoms with van der Waals surface area (Å²) >= 11 is 2.56. The summed E-state index contributed by atoms with van der Waals surface area (Å²) in [4.78, 5) is 4.73. The molecule has 2 unspecified atom stereocenters. The van der Waals surface area contributed by atoms with Gasteiger partial charge in [0.25, 0.3) is 5.69 Å². The van der Waals surface area contributed by atoms with E-state index in [9.17, 15) is 0 Å². The fraction of sp³-hybridized carbons (Fsp3) is 0.147. The molecule has 0 fully saturated rings. The van der Waals surface area contributed by atoms with Crippen LogP contribution in [-0.2, 0) is 6.42 Å². The van der Waals surface area contributed by atoms with Crippen LogP contribution in [0.4, 0.5) is 0 Å². The van der Waals surface area contributed by atoms with Crippen LogP contribution in [0.1, 0.15) is 39.9 Å². The molecule has 8 rings (SSSR count). The second kappa shape index (κ2) is 8.18. The second-order valence-electron chi connectivity index (χ2n) is 10.7. The van der Waals surface area contributed by atoms with Gasteiger partial charge in [-0.2, -0.15) is 8.97 Å². The van der Waals surface area contributed by atoms with Crippen molar-refractivity contribution in [2.24, 2.45) is 0 Å². The van der Waals surface area contributed by atoms with Crippen molar-refractivity contribution in [1.82, 2.24) is 4.98 Å². The molecule has 0 radical (unpaired) electrons. The van der Waals surface area contributed by atoms with Gasteiger partial charge >= 0.3 is 0 Å². The maximum absolute atomic E-state index is 4.73. The summed E-state index contributed by atoms with van der Waals surface area (Å²) in [7, 11) is 0. The number of benzene rings is 2. The predicted octanol–water partition coefficient (Wildman–Crippen LogP) is 7.06. The van der Waals surface area contributed by atoms with Crippen LogP contribution in [0, 0.1) is 17.4 Å². The Hall–Kier alpha value is -3.64. The summed E-state index contributed by atoms with van der Waals surface area (Å²) in [5.74, 6) is 0.388. The van der Waals surface area contributed by atoms with E-state index in [4.69, 9.17) is 4.98 Å². The van der Waals surface area contributed by atoms with Crippen LogP contribution in [0.25, 0.3) is 38.8 Å². The van der Waals surface area contributed by atoms with Crippen molar-refractivity contribution in [3.05, 3.63) is 129 Å². The fourth-order valence-corrected chi connectivity index (χ4v) is 8.12. The zero-order chi connectivity index (χ0) is 25.5. The van der Waals surface area contributed by atoms with E-state index in [0.717, 1.165) is 12.1 Å². The second-order valence-corrected chi connectivity index (χ2v) is 11.9. The molecule has 182 valence electrons. The van der Waals surface area contributed by atoms with Crippen molar-refractivity contribution in [3.63, 3.8) is 0 Å². The van der Waals surface area contributed by atoms with Gasteiger partial charge in [0.2, 0.25) is 17.3 Å². The molecule has 0 N–H and O–H groups in total. The number of pyridine rings is 4. The molecule has 1 aliphatic carbocycles. The van der Waals surface area contributed by atoms with Gasteiger partial charge in [-0.25, -0.2) is 0 Å². The number of hydrogen-bond acceptors (Lipinski definition) is 1. The van der Waals surface area contributed by atoms with E-state index in [2.05, 4.69) is 131 Å². The minimum Gasteiger partial charge on any atom is -0.256 e. The smallest absolute Gasteiger partial charge is 0.256 e. The average Bonchev–Trinajstić information content (AvgIpc) is 3.34. The standard InChI is InChI=1S/C34H26IN3/c1-20-15-25-31-17-21(2)27(29-11-5-7-13-36-29)19-38(31)34-26(32(25)28(35)16-20)18-24-22-9-3-4-10-23(22)30-12-6-8-14-37(30)33(24)34/h3-17,19,24,33H,18H2,1-2H3/q+2. The Labute approximate surface area is 235 Å². The Balaban J connectivity index is 1.54. The van der Waals surface area contributed by atoms with E-state index in [0.29, 0.717) is 5.92 Å². The highest BCUT2D eigenvalue weighted by molar-refractivity contribution is 14.1. The third kappa shape index (κ3) is 3.04. The third-order valence-corrected chi connectivity index (χ3v) is 9.38. The van der Waals surface area contributed by atoms with E-state index in [-0.39, 0.29) is 6.04 Å². The molecule has 2 atom stereocenters.